The zero-order valence-corrected chi connectivity index (χ0v) is 16.5. The van der Waals surface area contributed by atoms with Gasteiger partial charge in [-0.25, -0.2) is 0 Å². The lowest BCUT2D eigenvalue weighted by Crippen LogP contribution is -2.30. The molecule has 4 atom stereocenters. The number of aliphatic hydroxyl groups excluding tert-OH is 1. The van der Waals surface area contributed by atoms with Crippen LogP contribution in [0.1, 0.15) is 56.9 Å². The highest BCUT2D eigenvalue weighted by Gasteiger charge is 2.39. The normalized spacial score (nSPS) is 26.0. The lowest BCUT2D eigenvalue weighted by molar-refractivity contribution is -0.148. The molecular weight excluding hydrogens is 356 g/mol. The Bertz CT molecular complexity index is 615. The number of unbranched alkanes of at least 4 members (excludes halogenated alkanes) is 1. The highest BCUT2D eigenvalue weighted by Crippen LogP contribution is 2.31. The number of aliphatic hydroxyl groups is 1. The highest BCUT2D eigenvalue weighted by molar-refractivity contribution is 5.71. The fraction of sp³-hybridized carbons (Fsp3) is 0.609. The van der Waals surface area contributed by atoms with Crippen molar-refractivity contribution in [3.63, 3.8) is 0 Å². The first-order valence-electron chi connectivity index (χ1n) is 10.5. The summed E-state index contributed by atoms with van der Waals surface area (Å²) in [6.45, 7) is 1.42. The Kier molecular flexibility index (Phi) is 8.52. The summed E-state index contributed by atoms with van der Waals surface area (Å²) in [5, 5.41) is 10.4. The van der Waals surface area contributed by atoms with Gasteiger partial charge in [-0.2, -0.15) is 0 Å². The summed E-state index contributed by atoms with van der Waals surface area (Å²) in [4.78, 5) is 11.2. The van der Waals surface area contributed by atoms with Gasteiger partial charge in [0.1, 0.15) is 6.10 Å². The number of rotatable bonds is 11. The Morgan fingerprint density at radius 2 is 1.93 bits per heavy atom. The van der Waals surface area contributed by atoms with E-state index in [-0.39, 0.29) is 24.3 Å². The molecule has 3 rings (SSSR count). The van der Waals surface area contributed by atoms with Crippen molar-refractivity contribution in [3.05, 3.63) is 48.0 Å². The van der Waals surface area contributed by atoms with E-state index in [1.807, 2.05) is 18.2 Å². The SMILES string of the molecule is O=C1CC[C@H]([C@@H]2CC[C@@H]([C@@H](O)CC/C=C/CCCOCc3ccccc3)O2)O1. The van der Waals surface area contributed by atoms with Crippen LogP contribution < -0.4 is 0 Å². The predicted octanol–water partition coefficient (Wildman–Crippen LogP) is 3.93. The van der Waals surface area contributed by atoms with Crippen LogP contribution in [0.5, 0.6) is 0 Å². The van der Waals surface area contributed by atoms with Gasteiger partial charge in [-0.05, 0) is 50.5 Å². The maximum Gasteiger partial charge on any atom is 0.306 e. The number of benzene rings is 1. The Morgan fingerprint density at radius 1 is 1.11 bits per heavy atom. The van der Waals surface area contributed by atoms with E-state index in [0.717, 1.165) is 45.1 Å². The molecule has 5 heteroatoms. The van der Waals surface area contributed by atoms with Crippen LogP contribution in [0, 0.1) is 0 Å². The van der Waals surface area contributed by atoms with E-state index in [1.165, 1.54) is 5.56 Å². The van der Waals surface area contributed by atoms with Gasteiger partial charge in [0.2, 0.25) is 0 Å². The second-order valence-corrected chi connectivity index (χ2v) is 7.65. The molecule has 2 heterocycles. The van der Waals surface area contributed by atoms with Crippen molar-refractivity contribution in [2.75, 3.05) is 6.61 Å². The fourth-order valence-corrected chi connectivity index (χ4v) is 3.81. The first-order chi connectivity index (χ1) is 13.7. The number of cyclic esters (lactones) is 1. The van der Waals surface area contributed by atoms with Crippen LogP contribution in [0.3, 0.4) is 0 Å². The molecule has 0 radical (unpaired) electrons. The quantitative estimate of drug-likeness (QED) is 0.353. The zero-order valence-electron chi connectivity index (χ0n) is 16.5. The molecule has 1 N–H and O–H groups in total. The molecule has 2 aliphatic rings. The van der Waals surface area contributed by atoms with Crippen molar-refractivity contribution < 1.29 is 24.1 Å². The minimum absolute atomic E-state index is 0.0440. The smallest absolute Gasteiger partial charge is 0.306 e. The first kappa shape index (κ1) is 21.0. The van der Waals surface area contributed by atoms with Crippen molar-refractivity contribution in [1.29, 1.82) is 0 Å². The second-order valence-electron chi connectivity index (χ2n) is 7.65. The lowest BCUT2D eigenvalue weighted by Gasteiger charge is -2.21. The summed E-state index contributed by atoms with van der Waals surface area (Å²) in [7, 11) is 0. The predicted molar refractivity (Wildman–Crippen MR) is 107 cm³/mol. The topological polar surface area (TPSA) is 65.0 Å². The minimum atomic E-state index is -0.457. The van der Waals surface area contributed by atoms with Gasteiger partial charge in [0.25, 0.3) is 0 Å². The van der Waals surface area contributed by atoms with Crippen LogP contribution in [0.15, 0.2) is 42.5 Å². The first-order valence-corrected chi connectivity index (χ1v) is 10.5. The van der Waals surface area contributed by atoms with Crippen LogP contribution in [0.4, 0.5) is 0 Å². The Morgan fingerprint density at radius 3 is 2.71 bits per heavy atom. The van der Waals surface area contributed by atoms with Crippen molar-refractivity contribution in [2.24, 2.45) is 0 Å². The molecule has 28 heavy (non-hydrogen) atoms. The van der Waals surface area contributed by atoms with Gasteiger partial charge in [0.15, 0.2) is 0 Å². The molecule has 2 saturated heterocycles. The van der Waals surface area contributed by atoms with Gasteiger partial charge in [0, 0.05) is 13.0 Å². The number of hydrogen-bond acceptors (Lipinski definition) is 5. The molecule has 0 bridgehead atoms. The average Bonchev–Trinajstić information content (AvgIpc) is 3.36. The molecule has 0 aromatic heterocycles. The van der Waals surface area contributed by atoms with E-state index < -0.39 is 6.10 Å². The standard InChI is InChI=1S/C23H32O5/c24-19(20-12-13-21(27-20)22-14-15-23(25)28-22)11-7-2-1-3-8-16-26-17-18-9-5-4-6-10-18/h1-2,4-6,9-10,19-22,24H,3,7-8,11-17H2/b2-1+/t19-,20-,21-,22+/m0/s1. The van der Waals surface area contributed by atoms with Gasteiger partial charge >= 0.3 is 5.97 Å². The van der Waals surface area contributed by atoms with E-state index in [0.29, 0.717) is 19.4 Å². The zero-order chi connectivity index (χ0) is 19.6. The maximum atomic E-state index is 11.2. The average molecular weight is 389 g/mol. The van der Waals surface area contributed by atoms with Crippen LogP contribution in [0.25, 0.3) is 0 Å². The highest BCUT2D eigenvalue weighted by atomic mass is 16.6. The molecule has 5 nitrogen and oxygen atoms in total. The number of allylic oxidation sites excluding steroid dienone is 2. The number of ether oxygens (including phenoxy) is 3. The van der Waals surface area contributed by atoms with Gasteiger partial charge in [-0.3, -0.25) is 4.79 Å². The van der Waals surface area contributed by atoms with Gasteiger partial charge in [-0.15, -0.1) is 0 Å². The van der Waals surface area contributed by atoms with Crippen LogP contribution in [-0.4, -0.2) is 42.1 Å². The number of carbonyl (C=O) groups is 1. The summed E-state index contributed by atoms with van der Waals surface area (Å²) < 4.78 is 16.9. The minimum Gasteiger partial charge on any atom is -0.460 e. The second kappa shape index (κ2) is 11.3. The Labute approximate surface area is 167 Å². The van der Waals surface area contributed by atoms with Crippen molar-refractivity contribution in [1.82, 2.24) is 0 Å². The summed E-state index contributed by atoms with van der Waals surface area (Å²) in [6.07, 6.45) is 9.99. The summed E-state index contributed by atoms with van der Waals surface area (Å²) in [5.41, 5.74) is 1.20. The van der Waals surface area contributed by atoms with E-state index in [4.69, 9.17) is 14.2 Å². The molecule has 0 spiro atoms. The monoisotopic (exact) mass is 388 g/mol. The maximum absolute atomic E-state index is 11.2. The van der Waals surface area contributed by atoms with E-state index in [1.54, 1.807) is 0 Å². The van der Waals surface area contributed by atoms with E-state index >= 15 is 0 Å². The van der Waals surface area contributed by atoms with Crippen molar-refractivity contribution >= 4 is 5.97 Å². The number of esters is 1. The third kappa shape index (κ3) is 6.73. The van der Waals surface area contributed by atoms with Crippen molar-refractivity contribution in [3.8, 4) is 0 Å². The van der Waals surface area contributed by atoms with Crippen molar-refractivity contribution in [2.45, 2.75) is 82.4 Å². The van der Waals surface area contributed by atoms with Crippen LogP contribution in [0.2, 0.25) is 0 Å². The molecule has 0 aliphatic carbocycles. The molecule has 0 saturated carbocycles. The molecule has 2 aliphatic heterocycles. The Balaban J connectivity index is 1.20. The molecule has 0 unspecified atom stereocenters. The summed E-state index contributed by atoms with van der Waals surface area (Å²) in [6, 6.07) is 10.2. The molecule has 0 amide bonds. The van der Waals surface area contributed by atoms with Crippen LogP contribution >= 0.6 is 0 Å². The molecule has 2 fully saturated rings. The summed E-state index contributed by atoms with van der Waals surface area (Å²) in [5.74, 6) is -0.131. The number of carbonyl (C=O) groups excluding carboxylic acids is 1. The van der Waals surface area contributed by atoms with E-state index in [2.05, 4.69) is 24.3 Å². The summed E-state index contributed by atoms with van der Waals surface area (Å²) >= 11 is 0. The fourth-order valence-electron chi connectivity index (χ4n) is 3.81. The molecule has 1 aromatic rings. The Hall–Kier alpha value is -1.69. The van der Waals surface area contributed by atoms with Crippen LogP contribution in [-0.2, 0) is 25.6 Å². The largest absolute Gasteiger partial charge is 0.460 e. The van der Waals surface area contributed by atoms with E-state index in [9.17, 15) is 9.90 Å². The molecular formula is C23H32O5. The lowest BCUT2D eigenvalue weighted by atomic mass is 10.0. The van der Waals surface area contributed by atoms with Gasteiger partial charge < -0.3 is 19.3 Å². The number of hydrogen-bond donors (Lipinski definition) is 1. The van der Waals surface area contributed by atoms with Gasteiger partial charge in [0.05, 0.1) is 24.9 Å². The molecule has 1 aromatic carbocycles. The third-order valence-corrected chi connectivity index (χ3v) is 5.41. The van der Waals surface area contributed by atoms with Gasteiger partial charge in [-0.1, -0.05) is 42.5 Å². The molecule has 154 valence electrons. The third-order valence-electron chi connectivity index (χ3n) is 5.41.